The number of hydrogen-bond acceptors (Lipinski definition) is 4. The summed E-state index contributed by atoms with van der Waals surface area (Å²) in [5.74, 6) is -0.690. The molecule has 0 saturated carbocycles. The monoisotopic (exact) mass is 441 g/mol. The summed E-state index contributed by atoms with van der Waals surface area (Å²) in [6, 6.07) is 23.3. The average molecular weight is 442 g/mol. The molecule has 0 radical (unpaired) electrons. The predicted octanol–water partition coefficient (Wildman–Crippen LogP) is 6.00. The second kappa shape index (κ2) is 10.2. The van der Waals surface area contributed by atoms with Gasteiger partial charge in [-0.2, -0.15) is 0 Å². The van der Waals surface area contributed by atoms with Crippen LogP contribution in [0.1, 0.15) is 45.3 Å². The third-order valence-corrected chi connectivity index (χ3v) is 5.53. The molecule has 1 aromatic heterocycles. The summed E-state index contributed by atoms with van der Waals surface area (Å²) in [4.78, 5) is 16.4. The largest absolute Gasteiger partial charge is 0.465 e. The molecule has 0 saturated heterocycles. The topological polar surface area (TPSA) is 59.4 Å². The molecular weight excluding hydrogens is 417 g/mol. The van der Waals surface area contributed by atoms with Gasteiger partial charge in [-0.15, -0.1) is 0 Å². The lowest BCUT2D eigenvalue weighted by atomic mass is 9.97. The van der Waals surface area contributed by atoms with Crippen LogP contribution in [0.15, 0.2) is 78.9 Å². The highest BCUT2D eigenvalue weighted by Crippen LogP contribution is 2.23. The van der Waals surface area contributed by atoms with Gasteiger partial charge in [-0.25, -0.2) is 14.2 Å². The zero-order valence-electron chi connectivity index (χ0n) is 18.2. The van der Waals surface area contributed by atoms with Gasteiger partial charge in [-0.1, -0.05) is 48.5 Å². The number of rotatable bonds is 7. The van der Waals surface area contributed by atoms with Crippen molar-refractivity contribution in [3.63, 3.8) is 0 Å². The minimum Gasteiger partial charge on any atom is -0.465 e. The minimum absolute atomic E-state index is 0.313. The molecule has 4 aromatic rings. The molecule has 1 atom stereocenters. The van der Waals surface area contributed by atoms with Crippen molar-refractivity contribution in [1.29, 1.82) is 0 Å². The summed E-state index contributed by atoms with van der Waals surface area (Å²) in [5, 5.41) is 11.6. The number of esters is 1. The van der Waals surface area contributed by atoms with Gasteiger partial charge in [-0.3, -0.25) is 0 Å². The molecule has 0 spiro atoms. The van der Waals surface area contributed by atoms with Gasteiger partial charge in [0.25, 0.3) is 0 Å². The lowest BCUT2D eigenvalue weighted by Crippen LogP contribution is -2.07. The van der Waals surface area contributed by atoms with Crippen molar-refractivity contribution in [3.05, 3.63) is 113 Å². The number of fused-ring (bicyclic) bond motifs is 1. The number of carbonyl (C=O) groups excluding carboxylic acids is 1. The number of benzene rings is 3. The van der Waals surface area contributed by atoms with E-state index in [-0.39, 0.29) is 11.8 Å². The van der Waals surface area contributed by atoms with Gasteiger partial charge >= 0.3 is 5.97 Å². The molecule has 0 bridgehead atoms. The van der Waals surface area contributed by atoms with Crippen LogP contribution in [0.5, 0.6) is 0 Å². The normalized spacial score (nSPS) is 12.2. The van der Waals surface area contributed by atoms with Crippen LogP contribution >= 0.6 is 0 Å². The third kappa shape index (κ3) is 5.51. The van der Waals surface area contributed by atoms with Crippen LogP contribution in [-0.4, -0.2) is 23.2 Å². The quantitative estimate of drug-likeness (QED) is 0.358. The molecule has 0 aliphatic carbocycles. The highest BCUT2D eigenvalue weighted by molar-refractivity contribution is 5.91. The first-order chi connectivity index (χ1) is 16.0. The number of ether oxygens (including phenoxy) is 1. The fraction of sp³-hybridized carbons (Fsp3) is 0.143. The molecule has 4 rings (SSSR count). The standard InChI is InChI=1S/C28H24FNO3/c1-33-28(32)25-8-3-2-6-20(25)12-16-27(31)22-7-4-5-19(17-22)9-14-24-15-11-21-10-13-23(29)18-26(21)30-24/h2-11,13-15,17-18,27,31H,12,16H2,1H3/b14-9+. The van der Waals surface area contributed by atoms with Gasteiger partial charge in [0.2, 0.25) is 0 Å². The molecule has 1 heterocycles. The molecule has 0 amide bonds. The second-order valence-corrected chi connectivity index (χ2v) is 7.78. The molecule has 33 heavy (non-hydrogen) atoms. The van der Waals surface area contributed by atoms with E-state index >= 15 is 0 Å². The Labute approximate surface area is 192 Å². The van der Waals surface area contributed by atoms with E-state index in [1.807, 2.05) is 60.7 Å². The number of aliphatic hydroxyl groups is 1. The van der Waals surface area contributed by atoms with E-state index in [0.717, 1.165) is 27.8 Å². The molecule has 166 valence electrons. The van der Waals surface area contributed by atoms with Crippen LogP contribution in [0.25, 0.3) is 23.1 Å². The Morgan fingerprint density at radius 3 is 2.70 bits per heavy atom. The summed E-state index contributed by atoms with van der Waals surface area (Å²) < 4.78 is 18.3. The first-order valence-electron chi connectivity index (χ1n) is 10.7. The summed E-state index contributed by atoms with van der Waals surface area (Å²) >= 11 is 0. The van der Waals surface area contributed by atoms with Crippen LogP contribution in [0.4, 0.5) is 4.39 Å². The number of methoxy groups -OCH3 is 1. The molecular formula is C28H24FNO3. The minimum atomic E-state index is -0.675. The molecule has 0 aliphatic rings. The Morgan fingerprint density at radius 2 is 1.85 bits per heavy atom. The number of nitrogens with zero attached hydrogens (tertiary/aromatic N) is 1. The van der Waals surface area contributed by atoms with Gasteiger partial charge in [-0.05, 0) is 65.9 Å². The fourth-order valence-electron chi connectivity index (χ4n) is 3.76. The lowest BCUT2D eigenvalue weighted by Gasteiger charge is -2.13. The van der Waals surface area contributed by atoms with E-state index < -0.39 is 6.10 Å². The number of pyridine rings is 1. The number of aliphatic hydroxyl groups excluding tert-OH is 1. The molecule has 5 heteroatoms. The molecule has 4 nitrogen and oxygen atoms in total. The Kier molecular flexibility index (Phi) is 6.91. The van der Waals surface area contributed by atoms with E-state index in [0.29, 0.717) is 23.9 Å². The van der Waals surface area contributed by atoms with Gasteiger partial charge in [0.1, 0.15) is 5.82 Å². The maximum Gasteiger partial charge on any atom is 0.338 e. The van der Waals surface area contributed by atoms with Gasteiger partial charge in [0.05, 0.1) is 30.0 Å². The van der Waals surface area contributed by atoms with Crippen LogP contribution in [0.2, 0.25) is 0 Å². The van der Waals surface area contributed by atoms with Crippen molar-refractivity contribution in [2.45, 2.75) is 18.9 Å². The fourth-order valence-corrected chi connectivity index (χ4v) is 3.76. The second-order valence-electron chi connectivity index (χ2n) is 7.78. The lowest BCUT2D eigenvalue weighted by molar-refractivity contribution is 0.0599. The van der Waals surface area contributed by atoms with Gasteiger partial charge in [0.15, 0.2) is 0 Å². The summed E-state index contributed by atoms with van der Waals surface area (Å²) in [6.45, 7) is 0. The first kappa shape index (κ1) is 22.4. The number of hydrogen-bond donors (Lipinski definition) is 1. The average Bonchev–Trinajstić information content (AvgIpc) is 2.85. The summed E-state index contributed by atoms with van der Waals surface area (Å²) in [7, 11) is 1.36. The zero-order valence-corrected chi connectivity index (χ0v) is 18.2. The van der Waals surface area contributed by atoms with Gasteiger partial charge < -0.3 is 9.84 Å². The number of aromatic nitrogens is 1. The zero-order chi connectivity index (χ0) is 23.2. The first-order valence-corrected chi connectivity index (χ1v) is 10.7. The van der Waals surface area contributed by atoms with Crippen LogP contribution in [-0.2, 0) is 11.2 Å². The van der Waals surface area contributed by atoms with Crippen molar-refractivity contribution in [2.75, 3.05) is 7.11 Å². The highest BCUT2D eigenvalue weighted by Gasteiger charge is 2.14. The Balaban J connectivity index is 1.46. The van der Waals surface area contributed by atoms with Crippen LogP contribution in [0.3, 0.4) is 0 Å². The van der Waals surface area contributed by atoms with Crippen LogP contribution < -0.4 is 0 Å². The molecule has 1 N–H and O–H groups in total. The smallest absolute Gasteiger partial charge is 0.338 e. The van der Waals surface area contributed by atoms with E-state index in [1.165, 1.54) is 19.2 Å². The molecule has 1 unspecified atom stereocenters. The van der Waals surface area contributed by atoms with Crippen molar-refractivity contribution in [2.24, 2.45) is 0 Å². The predicted molar refractivity (Wildman–Crippen MR) is 128 cm³/mol. The number of halogens is 1. The Bertz CT molecular complexity index is 1320. The number of aryl methyl sites for hydroxylation is 1. The van der Waals surface area contributed by atoms with E-state index in [9.17, 15) is 14.3 Å². The van der Waals surface area contributed by atoms with Crippen molar-refractivity contribution >= 4 is 29.0 Å². The van der Waals surface area contributed by atoms with Crippen LogP contribution in [0, 0.1) is 5.82 Å². The Morgan fingerprint density at radius 1 is 1.03 bits per heavy atom. The highest BCUT2D eigenvalue weighted by atomic mass is 19.1. The maximum absolute atomic E-state index is 13.5. The Hall–Kier alpha value is -3.83. The van der Waals surface area contributed by atoms with Gasteiger partial charge in [0, 0.05) is 11.5 Å². The SMILES string of the molecule is COC(=O)c1ccccc1CCC(O)c1cccc(/C=C/c2ccc3ccc(F)cc3n2)c1. The summed E-state index contributed by atoms with van der Waals surface area (Å²) in [6.07, 6.45) is 4.12. The van der Waals surface area contributed by atoms with E-state index in [4.69, 9.17) is 4.74 Å². The number of carbonyl (C=O) groups is 1. The van der Waals surface area contributed by atoms with E-state index in [1.54, 1.807) is 18.2 Å². The third-order valence-electron chi connectivity index (χ3n) is 5.53. The van der Waals surface area contributed by atoms with Crippen molar-refractivity contribution < 1.29 is 19.0 Å². The molecule has 0 aliphatic heterocycles. The van der Waals surface area contributed by atoms with Crippen molar-refractivity contribution in [3.8, 4) is 0 Å². The van der Waals surface area contributed by atoms with E-state index in [2.05, 4.69) is 4.98 Å². The summed E-state index contributed by atoms with van der Waals surface area (Å²) in [5.41, 5.74) is 4.40. The molecule has 3 aromatic carbocycles. The van der Waals surface area contributed by atoms with Crippen molar-refractivity contribution in [1.82, 2.24) is 4.98 Å². The molecule has 0 fully saturated rings. The maximum atomic E-state index is 13.5.